The van der Waals surface area contributed by atoms with Crippen LogP contribution in [0.3, 0.4) is 0 Å². The second-order valence-electron chi connectivity index (χ2n) is 7.83. The van der Waals surface area contributed by atoms with Crippen molar-refractivity contribution in [2.45, 2.75) is 41.0 Å². The third-order valence-electron chi connectivity index (χ3n) is 5.38. The van der Waals surface area contributed by atoms with Crippen LogP contribution >= 0.6 is 0 Å². The summed E-state index contributed by atoms with van der Waals surface area (Å²) in [6.07, 6.45) is 10.1. The summed E-state index contributed by atoms with van der Waals surface area (Å²) in [6, 6.07) is 2.05. The van der Waals surface area contributed by atoms with Gasteiger partial charge in [-0.1, -0.05) is 36.0 Å². The number of aliphatic hydroxyl groups excluding tert-OH is 1. The number of hydrogen-bond donors (Lipinski definition) is 2. The highest BCUT2D eigenvalue weighted by Crippen LogP contribution is 2.28. The van der Waals surface area contributed by atoms with E-state index in [1.165, 1.54) is 11.1 Å². The Kier molecular flexibility index (Phi) is 13.1. The maximum absolute atomic E-state index is 11.6. The molecule has 0 aliphatic carbocycles. The number of hydrogen-bond acceptors (Lipinski definition) is 5. The fraction of sp³-hybridized carbons (Fsp3) is 0.444. The van der Waals surface area contributed by atoms with Crippen LogP contribution < -0.4 is 4.74 Å². The van der Waals surface area contributed by atoms with E-state index >= 15 is 0 Å². The molecule has 0 saturated carbocycles. The molecule has 182 valence electrons. The van der Waals surface area contributed by atoms with Crippen molar-refractivity contribution in [3.05, 3.63) is 69.3 Å². The molecule has 0 fully saturated rings. The molecule has 0 heterocycles. The highest BCUT2D eigenvalue weighted by molar-refractivity contribution is 5.88. The second kappa shape index (κ2) is 15.2. The zero-order valence-corrected chi connectivity index (χ0v) is 20.7. The molecular formula is C27H38O6. The molecule has 1 aromatic carbocycles. The van der Waals surface area contributed by atoms with Gasteiger partial charge >= 0.3 is 5.97 Å². The van der Waals surface area contributed by atoms with Gasteiger partial charge in [0.25, 0.3) is 0 Å². The Morgan fingerprint density at radius 2 is 1.67 bits per heavy atom. The number of ether oxygens (including phenoxy) is 3. The number of rotatable bonds is 14. The first kappa shape index (κ1) is 28.4. The van der Waals surface area contributed by atoms with Crippen LogP contribution in [0.25, 0.3) is 6.08 Å². The van der Waals surface area contributed by atoms with Crippen molar-refractivity contribution in [3.8, 4) is 5.75 Å². The number of benzene rings is 1. The van der Waals surface area contributed by atoms with E-state index in [0.717, 1.165) is 22.4 Å². The van der Waals surface area contributed by atoms with E-state index < -0.39 is 5.97 Å². The molecule has 6 heteroatoms. The fourth-order valence-corrected chi connectivity index (χ4v) is 3.28. The number of carbonyl (C=O) groups is 1. The first-order valence-corrected chi connectivity index (χ1v) is 11.1. The summed E-state index contributed by atoms with van der Waals surface area (Å²) in [5, 5.41) is 18.2. The average molecular weight is 459 g/mol. The van der Waals surface area contributed by atoms with Gasteiger partial charge in [-0.15, -0.1) is 0 Å². The monoisotopic (exact) mass is 458 g/mol. The maximum atomic E-state index is 11.6. The molecule has 0 unspecified atom stereocenters. The lowest BCUT2D eigenvalue weighted by atomic mass is 9.96. The van der Waals surface area contributed by atoms with Crippen molar-refractivity contribution < 1.29 is 29.2 Å². The van der Waals surface area contributed by atoms with Crippen molar-refractivity contribution in [3.63, 3.8) is 0 Å². The van der Waals surface area contributed by atoms with Crippen molar-refractivity contribution in [1.82, 2.24) is 0 Å². The predicted octanol–water partition coefficient (Wildman–Crippen LogP) is 4.95. The first-order chi connectivity index (χ1) is 15.7. The van der Waals surface area contributed by atoms with E-state index in [0.29, 0.717) is 37.4 Å². The molecule has 0 atom stereocenters. The Hall–Kier alpha value is -2.67. The predicted molar refractivity (Wildman–Crippen MR) is 133 cm³/mol. The summed E-state index contributed by atoms with van der Waals surface area (Å²) in [5.74, 6) is -0.0482. The van der Waals surface area contributed by atoms with Gasteiger partial charge in [-0.3, -0.25) is 0 Å². The van der Waals surface area contributed by atoms with Crippen LogP contribution in [0.2, 0.25) is 0 Å². The number of aliphatic carboxylic acids is 1. The molecule has 0 radical (unpaired) electrons. The Bertz CT molecular complexity index is 906. The highest BCUT2D eigenvalue weighted by Gasteiger charge is 2.10. The number of allylic oxidation sites excluding steroid dienone is 6. The van der Waals surface area contributed by atoms with E-state index in [-0.39, 0.29) is 13.2 Å². The van der Waals surface area contributed by atoms with E-state index in [1.54, 1.807) is 20.1 Å². The minimum Gasteiger partial charge on any atom is -0.496 e. The van der Waals surface area contributed by atoms with Crippen LogP contribution in [0.5, 0.6) is 5.75 Å². The quantitative estimate of drug-likeness (QED) is 0.233. The van der Waals surface area contributed by atoms with Crippen LogP contribution in [0, 0.1) is 20.8 Å². The van der Waals surface area contributed by atoms with Crippen LogP contribution in [0.1, 0.15) is 42.5 Å². The Labute approximate surface area is 197 Å². The van der Waals surface area contributed by atoms with Gasteiger partial charge in [0.2, 0.25) is 0 Å². The summed E-state index contributed by atoms with van der Waals surface area (Å²) in [5.41, 5.74) is 6.72. The van der Waals surface area contributed by atoms with Gasteiger partial charge in [0.1, 0.15) is 5.75 Å². The third kappa shape index (κ3) is 9.78. The van der Waals surface area contributed by atoms with Crippen LogP contribution in [-0.4, -0.2) is 56.3 Å². The van der Waals surface area contributed by atoms with E-state index in [2.05, 4.69) is 39.0 Å². The van der Waals surface area contributed by atoms with Gasteiger partial charge in [-0.05, 0) is 68.5 Å². The second-order valence-corrected chi connectivity index (χ2v) is 7.83. The number of methoxy groups -OCH3 is 1. The molecule has 1 rings (SSSR count). The lowest BCUT2D eigenvalue weighted by Gasteiger charge is -2.13. The number of carboxylic acid groups (broad SMARTS) is 1. The third-order valence-corrected chi connectivity index (χ3v) is 5.38. The van der Waals surface area contributed by atoms with Gasteiger partial charge in [0.15, 0.2) is 0 Å². The molecule has 2 N–H and O–H groups in total. The van der Waals surface area contributed by atoms with Gasteiger partial charge in [0.05, 0.1) is 40.1 Å². The Morgan fingerprint density at radius 3 is 2.27 bits per heavy atom. The molecule has 0 amide bonds. The topological polar surface area (TPSA) is 85.2 Å². The minimum atomic E-state index is -0.946. The summed E-state index contributed by atoms with van der Waals surface area (Å²) in [7, 11) is 1.69. The van der Waals surface area contributed by atoms with Crippen molar-refractivity contribution in [1.29, 1.82) is 0 Å². The van der Waals surface area contributed by atoms with Gasteiger partial charge in [-0.25, -0.2) is 4.79 Å². The molecule has 33 heavy (non-hydrogen) atoms. The van der Waals surface area contributed by atoms with E-state index in [4.69, 9.17) is 19.3 Å². The average Bonchev–Trinajstić information content (AvgIpc) is 2.77. The van der Waals surface area contributed by atoms with Crippen molar-refractivity contribution in [2.24, 2.45) is 0 Å². The molecule has 6 nitrogen and oxygen atoms in total. The van der Waals surface area contributed by atoms with Crippen LogP contribution in [0.4, 0.5) is 0 Å². The zero-order chi connectivity index (χ0) is 24.8. The lowest BCUT2D eigenvalue weighted by molar-refractivity contribution is -0.133. The first-order valence-electron chi connectivity index (χ1n) is 11.1. The fourth-order valence-electron chi connectivity index (χ4n) is 3.28. The largest absolute Gasteiger partial charge is 0.496 e. The normalized spacial score (nSPS) is 13.1. The SMILES string of the molecule is COc1cc(C)c(/C=C/C(C)=C/C=C/C(C)=C(\CCOCCOCCO)C(=O)O)c(C)c1C. The number of carboxylic acids is 1. The van der Waals surface area contributed by atoms with Gasteiger partial charge in [0, 0.05) is 12.0 Å². The summed E-state index contributed by atoms with van der Waals surface area (Å²) in [6.45, 7) is 11.3. The maximum Gasteiger partial charge on any atom is 0.331 e. The standard InChI is InChI=1S/C27H38O6/c1-19(10-11-24-21(3)18-26(31-6)23(5)22(24)4)8-7-9-20(2)25(27(29)30)12-14-32-16-17-33-15-13-28/h7-11,18,28H,12-17H2,1-6H3,(H,29,30)/b9-7+,11-10+,19-8+,25-20+. The van der Waals surface area contributed by atoms with E-state index in [9.17, 15) is 9.90 Å². The van der Waals surface area contributed by atoms with E-state index in [1.807, 2.05) is 19.1 Å². The zero-order valence-electron chi connectivity index (χ0n) is 20.7. The summed E-state index contributed by atoms with van der Waals surface area (Å²) in [4.78, 5) is 11.6. The minimum absolute atomic E-state index is 0.0262. The molecule has 1 aromatic rings. The summed E-state index contributed by atoms with van der Waals surface area (Å²) < 4.78 is 16.0. The van der Waals surface area contributed by atoms with Gasteiger partial charge in [-0.2, -0.15) is 0 Å². The molecule has 0 spiro atoms. The van der Waals surface area contributed by atoms with Gasteiger partial charge < -0.3 is 24.4 Å². The van der Waals surface area contributed by atoms with Crippen molar-refractivity contribution in [2.75, 3.05) is 40.1 Å². The molecule has 0 aliphatic heterocycles. The molecule has 0 aliphatic rings. The molecule has 0 bridgehead atoms. The number of aliphatic hydroxyl groups is 1. The van der Waals surface area contributed by atoms with Crippen LogP contribution in [-0.2, 0) is 14.3 Å². The van der Waals surface area contributed by atoms with Crippen molar-refractivity contribution >= 4 is 12.0 Å². The Balaban J connectivity index is 2.78. The highest BCUT2D eigenvalue weighted by atomic mass is 16.5. The molecule has 0 aromatic heterocycles. The Morgan fingerprint density at radius 1 is 1.00 bits per heavy atom. The smallest absolute Gasteiger partial charge is 0.331 e. The summed E-state index contributed by atoms with van der Waals surface area (Å²) >= 11 is 0. The molecule has 0 saturated heterocycles. The lowest BCUT2D eigenvalue weighted by Crippen LogP contribution is -2.10. The van der Waals surface area contributed by atoms with Crippen LogP contribution in [0.15, 0.2) is 47.1 Å². The molecular weight excluding hydrogens is 420 g/mol. The number of aryl methyl sites for hydroxylation is 1.